The SMILES string of the molecule is CC[C@H](C(=O)NCC(C)C)N(Cc1ccccc1C)C(=O)CN(c1ccc(Cl)cc1)S(=O)(=O)c1ccc(C)cc1. The molecule has 1 N–H and O–H groups in total. The first kappa shape index (κ1) is 31.2. The quantitative estimate of drug-likeness (QED) is 0.295. The van der Waals surface area contributed by atoms with Crippen molar-refractivity contribution in [2.24, 2.45) is 5.92 Å². The highest BCUT2D eigenvalue weighted by molar-refractivity contribution is 7.92. The number of amides is 2. The summed E-state index contributed by atoms with van der Waals surface area (Å²) < 4.78 is 28.9. The van der Waals surface area contributed by atoms with E-state index in [1.54, 1.807) is 36.4 Å². The minimum atomic E-state index is -4.13. The lowest BCUT2D eigenvalue weighted by atomic mass is 10.1. The number of halogens is 1. The van der Waals surface area contributed by atoms with Crippen LogP contribution in [0.1, 0.15) is 43.9 Å². The predicted molar refractivity (Wildman–Crippen MR) is 161 cm³/mol. The van der Waals surface area contributed by atoms with E-state index in [1.807, 2.05) is 58.9 Å². The Balaban J connectivity index is 2.05. The van der Waals surface area contributed by atoms with Gasteiger partial charge in [0, 0.05) is 18.1 Å². The van der Waals surface area contributed by atoms with E-state index in [-0.39, 0.29) is 23.3 Å². The Morgan fingerprint density at radius 1 is 0.925 bits per heavy atom. The first-order chi connectivity index (χ1) is 18.9. The Bertz CT molecular complexity index is 1410. The number of carbonyl (C=O) groups excluding carboxylic acids is 2. The third-order valence-corrected chi connectivity index (χ3v) is 8.71. The summed E-state index contributed by atoms with van der Waals surface area (Å²) in [7, 11) is -4.13. The van der Waals surface area contributed by atoms with Gasteiger partial charge in [-0.1, -0.05) is 74.3 Å². The number of benzene rings is 3. The monoisotopic (exact) mass is 583 g/mol. The molecule has 0 aliphatic carbocycles. The molecule has 3 rings (SSSR count). The topological polar surface area (TPSA) is 86.8 Å². The van der Waals surface area contributed by atoms with Crippen molar-refractivity contribution in [2.75, 3.05) is 17.4 Å². The fraction of sp³-hybridized carbons (Fsp3) is 0.355. The third kappa shape index (κ3) is 7.86. The van der Waals surface area contributed by atoms with Crippen LogP contribution in [0.4, 0.5) is 5.69 Å². The summed E-state index contributed by atoms with van der Waals surface area (Å²) in [5.74, 6) is -0.514. The number of rotatable bonds is 12. The van der Waals surface area contributed by atoms with Gasteiger partial charge in [0.25, 0.3) is 10.0 Å². The number of sulfonamides is 1. The van der Waals surface area contributed by atoms with Crippen molar-refractivity contribution >= 4 is 39.1 Å². The lowest BCUT2D eigenvalue weighted by Gasteiger charge is -2.33. The van der Waals surface area contributed by atoms with Gasteiger partial charge >= 0.3 is 0 Å². The number of aryl methyl sites for hydroxylation is 2. The van der Waals surface area contributed by atoms with Crippen LogP contribution in [-0.4, -0.2) is 44.3 Å². The summed E-state index contributed by atoms with van der Waals surface area (Å²) in [6.07, 6.45) is 0.368. The second-order valence-corrected chi connectivity index (χ2v) is 12.6. The molecule has 0 bridgehead atoms. The molecule has 9 heteroatoms. The molecule has 0 saturated heterocycles. The van der Waals surface area contributed by atoms with Crippen LogP contribution >= 0.6 is 11.6 Å². The summed E-state index contributed by atoms with van der Waals surface area (Å²) >= 11 is 6.09. The van der Waals surface area contributed by atoms with E-state index in [9.17, 15) is 18.0 Å². The number of hydrogen-bond acceptors (Lipinski definition) is 4. The number of nitrogens with zero attached hydrogens (tertiary/aromatic N) is 2. The maximum absolute atomic E-state index is 14.1. The Morgan fingerprint density at radius 3 is 2.12 bits per heavy atom. The highest BCUT2D eigenvalue weighted by Gasteiger charge is 2.33. The van der Waals surface area contributed by atoms with Gasteiger partial charge in [-0.25, -0.2) is 8.42 Å². The van der Waals surface area contributed by atoms with Gasteiger partial charge in [-0.15, -0.1) is 0 Å². The predicted octanol–water partition coefficient (Wildman–Crippen LogP) is 5.73. The smallest absolute Gasteiger partial charge is 0.264 e. The zero-order valence-electron chi connectivity index (χ0n) is 23.7. The molecule has 0 unspecified atom stereocenters. The van der Waals surface area contributed by atoms with E-state index in [0.29, 0.717) is 23.7 Å². The fourth-order valence-corrected chi connectivity index (χ4v) is 5.83. The van der Waals surface area contributed by atoms with E-state index >= 15 is 0 Å². The van der Waals surface area contributed by atoms with E-state index in [4.69, 9.17) is 11.6 Å². The number of anilines is 1. The average Bonchev–Trinajstić information content (AvgIpc) is 2.92. The molecular formula is C31H38ClN3O4S. The molecule has 2 amide bonds. The number of nitrogens with one attached hydrogen (secondary N) is 1. The molecule has 40 heavy (non-hydrogen) atoms. The molecule has 0 aliphatic heterocycles. The summed E-state index contributed by atoms with van der Waals surface area (Å²) in [4.78, 5) is 28.9. The van der Waals surface area contributed by atoms with Crippen LogP contribution in [0.2, 0.25) is 5.02 Å². The van der Waals surface area contributed by atoms with Crippen molar-refractivity contribution in [3.8, 4) is 0 Å². The largest absolute Gasteiger partial charge is 0.354 e. The molecule has 0 aromatic heterocycles. The average molecular weight is 584 g/mol. The summed E-state index contributed by atoms with van der Waals surface area (Å²) in [6.45, 7) is 9.80. The van der Waals surface area contributed by atoms with Crippen LogP contribution < -0.4 is 9.62 Å². The summed E-state index contributed by atoms with van der Waals surface area (Å²) in [5, 5.41) is 3.38. The van der Waals surface area contributed by atoms with Crippen molar-refractivity contribution in [3.63, 3.8) is 0 Å². The normalized spacial score (nSPS) is 12.2. The molecule has 0 aliphatic rings. The molecule has 3 aromatic carbocycles. The fourth-order valence-electron chi connectivity index (χ4n) is 4.29. The van der Waals surface area contributed by atoms with E-state index in [0.717, 1.165) is 21.0 Å². The maximum atomic E-state index is 14.1. The standard InChI is InChI=1S/C31H38ClN3O4S/c1-6-29(31(37)33-19-22(2)3)34(20-25-10-8-7-9-24(25)5)30(36)21-35(27-15-13-26(32)14-16-27)40(38,39)28-17-11-23(4)12-18-28/h7-18,22,29H,6,19-21H2,1-5H3,(H,33,37)/t29-/m1/s1. The van der Waals surface area contributed by atoms with Crippen LogP contribution in [-0.2, 0) is 26.2 Å². The minimum Gasteiger partial charge on any atom is -0.354 e. The van der Waals surface area contributed by atoms with Gasteiger partial charge in [0.15, 0.2) is 0 Å². The molecule has 0 radical (unpaired) electrons. The molecule has 1 atom stereocenters. The Hall–Kier alpha value is -3.36. The van der Waals surface area contributed by atoms with E-state index < -0.39 is 28.5 Å². The minimum absolute atomic E-state index is 0.0630. The van der Waals surface area contributed by atoms with E-state index in [1.165, 1.54) is 17.0 Å². The second-order valence-electron chi connectivity index (χ2n) is 10.3. The van der Waals surface area contributed by atoms with Gasteiger partial charge in [-0.3, -0.25) is 13.9 Å². The number of hydrogen-bond donors (Lipinski definition) is 1. The molecule has 0 heterocycles. The van der Waals surface area contributed by atoms with E-state index in [2.05, 4.69) is 5.32 Å². The molecule has 7 nitrogen and oxygen atoms in total. The third-order valence-electron chi connectivity index (χ3n) is 6.67. The molecular weight excluding hydrogens is 546 g/mol. The lowest BCUT2D eigenvalue weighted by Crippen LogP contribution is -2.52. The van der Waals surface area contributed by atoms with Crippen LogP contribution in [0.5, 0.6) is 0 Å². The van der Waals surface area contributed by atoms with Gasteiger partial charge in [-0.2, -0.15) is 0 Å². The maximum Gasteiger partial charge on any atom is 0.264 e. The van der Waals surface area contributed by atoms with Crippen molar-refractivity contribution in [3.05, 3.63) is 94.5 Å². The van der Waals surface area contributed by atoms with Crippen LogP contribution in [0.15, 0.2) is 77.7 Å². The van der Waals surface area contributed by atoms with Crippen LogP contribution in [0.25, 0.3) is 0 Å². The van der Waals surface area contributed by atoms with Crippen LogP contribution in [0, 0.1) is 19.8 Å². The zero-order chi connectivity index (χ0) is 29.4. The first-order valence-corrected chi connectivity index (χ1v) is 15.2. The molecule has 0 spiro atoms. The molecule has 3 aromatic rings. The Labute approximate surface area is 243 Å². The zero-order valence-corrected chi connectivity index (χ0v) is 25.3. The lowest BCUT2D eigenvalue weighted by molar-refractivity contribution is -0.140. The highest BCUT2D eigenvalue weighted by Crippen LogP contribution is 2.26. The van der Waals surface area contributed by atoms with Crippen molar-refractivity contribution in [1.82, 2.24) is 10.2 Å². The molecule has 0 fully saturated rings. The van der Waals surface area contributed by atoms with Gasteiger partial charge < -0.3 is 10.2 Å². The van der Waals surface area contributed by atoms with Gasteiger partial charge in [0.1, 0.15) is 12.6 Å². The molecule has 0 saturated carbocycles. The van der Waals surface area contributed by atoms with Crippen molar-refractivity contribution < 1.29 is 18.0 Å². The van der Waals surface area contributed by atoms with Crippen LogP contribution in [0.3, 0.4) is 0 Å². The van der Waals surface area contributed by atoms with Gasteiger partial charge in [0.2, 0.25) is 11.8 Å². The first-order valence-electron chi connectivity index (χ1n) is 13.4. The molecule has 214 valence electrons. The summed E-state index contributed by atoms with van der Waals surface area (Å²) in [5.41, 5.74) is 3.06. The Kier molecular flexibility index (Phi) is 10.8. The number of carbonyl (C=O) groups is 2. The van der Waals surface area contributed by atoms with Crippen molar-refractivity contribution in [2.45, 2.75) is 58.5 Å². The second kappa shape index (κ2) is 13.8. The Morgan fingerprint density at radius 2 is 1.55 bits per heavy atom. The van der Waals surface area contributed by atoms with Gasteiger partial charge in [-0.05, 0) is 73.7 Å². The highest BCUT2D eigenvalue weighted by atomic mass is 35.5. The summed E-state index contributed by atoms with van der Waals surface area (Å²) in [6, 6.07) is 19.6. The van der Waals surface area contributed by atoms with Crippen molar-refractivity contribution in [1.29, 1.82) is 0 Å². The van der Waals surface area contributed by atoms with Gasteiger partial charge in [0.05, 0.1) is 10.6 Å².